The molecular weight excluding hydrogens is 216 g/mol. The Bertz CT molecular complexity index is 302. The molecule has 4 nitrogen and oxygen atoms in total. The molecule has 1 rings (SSSR count). The van der Waals surface area contributed by atoms with Gasteiger partial charge >= 0.3 is 0 Å². The molecule has 0 radical (unpaired) electrons. The second-order valence-corrected chi connectivity index (χ2v) is 4.38. The molecule has 0 aromatic heterocycles. The molecule has 0 saturated carbocycles. The number of piperazine rings is 1. The molecule has 2 amide bonds. The maximum absolute atomic E-state index is 12.2. The van der Waals surface area contributed by atoms with E-state index in [0.717, 1.165) is 12.8 Å². The van der Waals surface area contributed by atoms with Crippen molar-refractivity contribution in [3.05, 3.63) is 12.7 Å². The highest BCUT2D eigenvalue weighted by atomic mass is 16.2. The van der Waals surface area contributed by atoms with Crippen LogP contribution in [0.3, 0.4) is 0 Å². The van der Waals surface area contributed by atoms with Crippen LogP contribution in [0.1, 0.15) is 39.5 Å². The maximum Gasteiger partial charge on any atom is 0.245 e. The zero-order valence-corrected chi connectivity index (χ0v) is 10.7. The van der Waals surface area contributed by atoms with Crippen molar-refractivity contribution in [2.45, 2.75) is 51.6 Å². The number of amides is 2. The maximum atomic E-state index is 12.2. The highest BCUT2D eigenvalue weighted by Gasteiger charge is 2.38. The first-order valence-corrected chi connectivity index (χ1v) is 6.37. The molecule has 1 heterocycles. The molecule has 2 atom stereocenters. The van der Waals surface area contributed by atoms with Crippen LogP contribution < -0.4 is 5.32 Å². The van der Waals surface area contributed by atoms with Gasteiger partial charge in [0.25, 0.3) is 0 Å². The van der Waals surface area contributed by atoms with Crippen molar-refractivity contribution in [2.75, 3.05) is 6.54 Å². The Kier molecular flexibility index (Phi) is 5.19. The van der Waals surface area contributed by atoms with E-state index in [0.29, 0.717) is 19.4 Å². The second kappa shape index (κ2) is 6.42. The average molecular weight is 238 g/mol. The van der Waals surface area contributed by atoms with Gasteiger partial charge in [0.2, 0.25) is 11.8 Å². The van der Waals surface area contributed by atoms with Crippen molar-refractivity contribution in [3.63, 3.8) is 0 Å². The fourth-order valence-electron chi connectivity index (χ4n) is 2.21. The Hall–Kier alpha value is -1.32. The van der Waals surface area contributed by atoms with E-state index in [1.165, 1.54) is 0 Å². The average Bonchev–Trinajstić information content (AvgIpc) is 2.31. The van der Waals surface area contributed by atoms with Crippen LogP contribution in [0.2, 0.25) is 0 Å². The highest BCUT2D eigenvalue weighted by Crippen LogP contribution is 2.16. The summed E-state index contributed by atoms with van der Waals surface area (Å²) >= 11 is 0. The molecular formula is C13H22N2O2. The molecule has 1 aliphatic rings. The van der Waals surface area contributed by atoms with E-state index in [2.05, 4.69) is 11.9 Å². The SMILES string of the molecule is C=CCCN1C(=O)C(CCC)NC(=O)C1CC. The first kappa shape index (κ1) is 13.7. The minimum Gasteiger partial charge on any atom is -0.343 e. The van der Waals surface area contributed by atoms with E-state index in [9.17, 15) is 9.59 Å². The van der Waals surface area contributed by atoms with Gasteiger partial charge in [0, 0.05) is 6.54 Å². The van der Waals surface area contributed by atoms with Gasteiger partial charge in [0.1, 0.15) is 12.1 Å². The van der Waals surface area contributed by atoms with Crippen molar-refractivity contribution in [2.24, 2.45) is 0 Å². The number of hydrogen-bond donors (Lipinski definition) is 1. The van der Waals surface area contributed by atoms with E-state index in [-0.39, 0.29) is 23.9 Å². The van der Waals surface area contributed by atoms with Crippen LogP contribution in [0.5, 0.6) is 0 Å². The van der Waals surface area contributed by atoms with Gasteiger partial charge in [-0.25, -0.2) is 0 Å². The zero-order valence-electron chi connectivity index (χ0n) is 10.7. The van der Waals surface area contributed by atoms with E-state index < -0.39 is 0 Å². The Balaban J connectivity index is 2.80. The van der Waals surface area contributed by atoms with Gasteiger partial charge < -0.3 is 10.2 Å². The smallest absolute Gasteiger partial charge is 0.245 e. The predicted octanol–water partition coefficient (Wildman–Crippen LogP) is 1.47. The number of carbonyl (C=O) groups is 2. The minimum atomic E-state index is -0.333. The lowest BCUT2D eigenvalue weighted by Crippen LogP contribution is -2.63. The van der Waals surface area contributed by atoms with Crippen LogP contribution in [-0.2, 0) is 9.59 Å². The minimum absolute atomic E-state index is 0.0189. The van der Waals surface area contributed by atoms with E-state index in [1.54, 1.807) is 11.0 Å². The van der Waals surface area contributed by atoms with E-state index >= 15 is 0 Å². The van der Waals surface area contributed by atoms with Crippen molar-refractivity contribution < 1.29 is 9.59 Å². The summed E-state index contributed by atoms with van der Waals surface area (Å²) in [6.07, 6.45) is 4.78. The van der Waals surface area contributed by atoms with Crippen molar-refractivity contribution in [1.29, 1.82) is 0 Å². The van der Waals surface area contributed by atoms with Gasteiger partial charge in [-0.15, -0.1) is 6.58 Å². The molecule has 0 aromatic carbocycles. The largest absolute Gasteiger partial charge is 0.343 e. The quantitative estimate of drug-likeness (QED) is 0.712. The van der Waals surface area contributed by atoms with Crippen LogP contribution in [0.25, 0.3) is 0 Å². The molecule has 0 bridgehead atoms. The number of rotatable bonds is 6. The first-order chi connectivity index (χ1) is 8.15. The van der Waals surface area contributed by atoms with Gasteiger partial charge in [-0.05, 0) is 19.3 Å². The van der Waals surface area contributed by atoms with Gasteiger partial charge in [-0.2, -0.15) is 0 Å². The summed E-state index contributed by atoms with van der Waals surface area (Å²) in [7, 11) is 0. The molecule has 4 heteroatoms. The van der Waals surface area contributed by atoms with Crippen LogP contribution in [0.15, 0.2) is 12.7 Å². The Morgan fingerprint density at radius 3 is 2.65 bits per heavy atom. The Labute approximate surface area is 103 Å². The van der Waals surface area contributed by atoms with E-state index in [1.807, 2.05) is 13.8 Å². The molecule has 1 fully saturated rings. The normalized spacial score (nSPS) is 24.7. The molecule has 2 unspecified atom stereocenters. The van der Waals surface area contributed by atoms with Crippen LogP contribution >= 0.6 is 0 Å². The lowest BCUT2D eigenvalue weighted by molar-refractivity contribution is -0.149. The summed E-state index contributed by atoms with van der Waals surface area (Å²) in [5.74, 6) is 0.0368. The summed E-state index contributed by atoms with van der Waals surface area (Å²) in [6.45, 7) is 8.19. The van der Waals surface area contributed by atoms with Crippen LogP contribution in [0.4, 0.5) is 0 Å². The Morgan fingerprint density at radius 2 is 2.12 bits per heavy atom. The Morgan fingerprint density at radius 1 is 1.41 bits per heavy atom. The summed E-state index contributed by atoms with van der Waals surface area (Å²) in [4.78, 5) is 25.8. The van der Waals surface area contributed by atoms with Crippen molar-refractivity contribution >= 4 is 11.8 Å². The summed E-state index contributed by atoms with van der Waals surface area (Å²) in [5.41, 5.74) is 0. The highest BCUT2D eigenvalue weighted by molar-refractivity contribution is 5.96. The number of carbonyl (C=O) groups excluding carboxylic acids is 2. The third kappa shape index (κ3) is 3.08. The molecule has 96 valence electrons. The number of nitrogens with zero attached hydrogens (tertiary/aromatic N) is 1. The van der Waals surface area contributed by atoms with Crippen molar-refractivity contribution in [1.82, 2.24) is 10.2 Å². The molecule has 1 aliphatic heterocycles. The second-order valence-electron chi connectivity index (χ2n) is 4.38. The third-order valence-corrected chi connectivity index (χ3v) is 3.11. The fraction of sp³-hybridized carbons (Fsp3) is 0.692. The number of nitrogens with one attached hydrogen (secondary N) is 1. The van der Waals surface area contributed by atoms with Gasteiger partial charge in [-0.3, -0.25) is 9.59 Å². The lowest BCUT2D eigenvalue weighted by atomic mass is 10.0. The van der Waals surface area contributed by atoms with E-state index in [4.69, 9.17) is 0 Å². The standard InChI is InChI=1S/C13H22N2O2/c1-4-7-9-15-11(6-3)12(16)14-10(8-5-2)13(15)17/h4,10-11H,1,5-9H2,2-3H3,(H,14,16). The molecule has 0 aromatic rings. The molecule has 1 saturated heterocycles. The van der Waals surface area contributed by atoms with Gasteiger partial charge in [-0.1, -0.05) is 26.3 Å². The zero-order chi connectivity index (χ0) is 12.8. The summed E-state index contributed by atoms with van der Waals surface area (Å²) in [6, 6.07) is -0.643. The summed E-state index contributed by atoms with van der Waals surface area (Å²) in [5, 5.41) is 2.82. The van der Waals surface area contributed by atoms with Crippen molar-refractivity contribution in [3.8, 4) is 0 Å². The summed E-state index contributed by atoms with van der Waals surface area (Å²) < 4.78 is 0. The third-order valence-electron chi connectivity index (χ3n) is 3.11. The topological polar surface area (TPSA) is 49.4 Å². The lowest BCUT2D eigenvalue weighted by Gasteiger charge is -2.38. The molecule has 0 aliphatic carbocycles. The van der Waals surface area contributed by atoms with Crippen LogP contribution in [-0.4, -0.2) is 35.3 Å². The molecule has 17 heavy (non-hydrogen) atoms. The first-order valence-electron chi connectivity index (χ1n) is 6.37. The van der Waals surface area contributed by atoms with Gasteiger partial charge in [0.05, 0.1) is 0 Å². The number of hydrogen-bond acceptors (Lipinski definition) is 2. The molecule has 0 spiro atoms. The fourth-order valence-corrected chi connectivity index (χ4v) is 2.21. The monoisotopic (exact) mass is 238 g/mol. The van der Waals surface area contributed by atoms with Gasteiger partial charge in [0.15, 0.2) is 0 Å². The molecule has 1 N–H and O–H groups in total. The van der Waals surface area contributed by atoms with Crippen LogP contribution in [0, 0.1) is 0 Å². The predicted molar refractivity (Wildman–Crippen MR) is 67.4 cm³/mol.